The zero-order valence-electron chi connectivity index (χ0n) is 14.3. The van der Waals surface area contributed by atoms with Crippen LogP contribution >= 0.6 is 0 Å². The number of imidazole rings is 1. The molecule has 0 bridgehead atoms. The third kappa shape index (κ3) is 3.95. The third-order valence-electron chi connectivity index (χ3n) is 4.00. The molecule has 0 saturated heterocycles. The Hall–Kier alpha value is -2.92. The lowest BCUT2D eigenvalue weighted by Gasteiger charge is -2.14. The number of carbonyl (C=O) groups is 1. The van der Waals surface area contributed by atoms with E-state index in [1.54, 1.807) is 19.4 Å². The Morgan fingerprint density at radius 1 is 1.16 bits per heavy atom. The van der Waals surface area contributed by atoms with E-state index in [0.717, 1.165) is 22.6 Å². The lowest BCUT2D eigenvalue weighted by Crippen LogP contribution is -2.28. The Morgan fingerprint density at radius 3 is 2.64 bits per heavy atom. The van der Waals surface area contributed by atoms with Crippen molar-refractivity contribution in [1.29, 1.82) is 0 Å². The number of nitrogens with zero attached hydrogens (tertiary/aromatic N) is 1. The van der Waals surface area contributed by atoms with Crippen molar-refractivity contribution in [3.05, 3.63) is 77.7 Å². The fourth-order valence-corrected chi connectivity index (χ4v) is 2.69. The first kappa shape index (κ1) is 16.9. The summed E-state index contributed by atoms with van der Waals surface area (Å²) in [7, 11) is 1.62. The lowest BCUT2D eigenvalue weighted by atomic mass is 10.1. The van der Waals surface area contributed by atoms with Gasteiger partial charge in [-0.1, -0.05) is 48.5 Å². The maximum absolute atomic E-state index is 12.6. The van der Waals surface area contributed by atoms with Crippen LogP contribution in [-0.4, -0.2) is 23.0 Å². The minimum atomic E-state index is -0.236. The van der Waals surface area contributed by atoms with E-state index in [-0.39, 0.29) is 11.9 Å². The maximum Gasteiger partial charge on any atom is 0.252 e. The van der Waals surface area contributed by atoms with E-state index >= 15 is 0 Å². The van der Waals surface area contributed by atoms with Gasteiger partial charge in [-0.15, -0.1) is 0 Å². The molecule has 3 rings (SSSR count). The molecule has 128 valence electrons. The minimum Gasteiger partial charge on any atom is -0.380 e. The van der Waals surface area contributed by atoms with E-state index in [0.29, 0.717) is 12.2 Å². The number of methoxy groups -OCH3 is 1. The monoisotopic (exact) mass is 335 g/mol. The summed E-state index contributed by atoms with van der Waals surface area (Å²) in [5, 5.41) is 2.99. The van der Waals surface area contributed by atoms with E-state index in [4.69, 9.17) is 4.74 Å². The van der Waals surface area contributed by atoms with Crippen molar-refractivity contribution in [3.63, 3.8) is 0 Å². The Bertz CT molecular complexity index is 843. The maximum atomic E-state index is 12.6. The molecule has 3 aromatic rings. The molecule has 1 aromatic heterocycles. The van der Waals surface area contributed by atoms with Gasteiger partial charge in [0, 0.05) is 12.7 Å². The van der Waals surface area contributed by atoms with Crippen LogP contribution in [-0.2, 0) is 11.3 Å². The van der Waals surface area contributed by atoms with Gasteiger partial charge in [0.15, 0.2) is 0 Å². The lowest BCUT2D eigenvalue weighted by molar-refractivity contribution is 0.0933. The molecule has 2 N–H and O–H groups in total. The van der Waals surface area contributed by atoms with Crippen molar-refractivity contribution in [2.75, 3.05) is 7.11 Å². The highest BCUT2D eigenvalue weighted by Crippen LogP contribution is 2.19. The molecule has 5 nitrogen and oxygen atoms in total. The van der Waals surface area contributed by atoms with Crippen LogP contribution in [0.5, 0.6) is 0 Å². The molecular formula is C20H21N3O2. The summed E-state index contributed by atoms with van der Waals surface area (Å²) in [6.45, 7) is 2.31. The molecule has 5 heteroatoms. The fraction of sp³-hybridized carbons (Fsp3) is 0.200. The molecule has 1 atom stereocenters. The number of nitrogens with one attached hydrogen (secondary N) is 2. The number of hydrogen-bond donors (Lipinski definition) is 2. The first-order chi connectivity index (χ1) is 12.2. The molecule has 1 amide bonds. The summed E-state index contributed by atoms with van der Waals surface area (Å²) >= 11 is 0. The molecular weight excluding hydrogens is 314 g/mol. The molecule has 0 spiro atoms. The van der Waals surface area contributed by atoms with Crippen molar-refractivity contribution < 1.29 is 9.53 Å². The Balaban J connectivity index is 1.73. The van der Waals surface area contributed by atoms with Crippen LogP contribution in [0, 0.1) is 0 Å². The standard InChI is InChI=1S/C20H21N3O2/c1-14(19-21-12-18(23-19)15-8-4-3-5-9-15)22-20(24)17-11-7-6-10-16(17)13-25-2/h3-12,14H,13H2,1-2H3,(H,21,23)(H,22,24). The highest BCUT2D eigenvalue weighted by Gasteiger charge is 2.16. The Morgan fingerprint density at radius 2 is 1.88 bits per heavy atom. The fourth-order valence-electron chi connectivity index (χ4n) is 2.69. The number of amides is 1. The van der Waals surface area contributed by atoms with Crippen LogP contribution < -0.4 is 5.32 Å². The summed E-state index contributed by atoms with van der Waals surface area (Å²) in [6, 6.07) is 17.2. The number of hydrogen-bond acceptors (Lipinski definition) is 3. The van der Waals surface area contributed by atoms with Gasteiger partial charge in [0.05, 0.1) is 24.5 Å². The van der Waals surface area contributed by atoms with Crippen LogP contribution in [0.1, 0.15) is 34.7 Å². The van der Waals surface area contributed by atoms with Gasteiger partial charge in [0.1, 0.15) is 5.82 Å². The molecule has 2 aromatic carbocycles. The van der Waals surface area contributed by atoms with Crippen LogP contribution in [0.2, 0.25) is 0 Å². The van der Waals surface area contributed by atoms with Gasteiger partial charge < -0.3 is 15.0 Å². The summed E-state index contributed by atoms with van der Waals surface area (Å²) in [5.41, 5.74) is 3.46. The second-order valence-electron chi connectivity index (χ2n) is 5.83. The van der Waals surface area contributed by atoms with E-state index in [1.165, 1.54) is 0 Å². The normalized spacial score (nSPS) is 11.9. The van der Waals surface area contributed by atoms with E-state index < -0.39 is 0 Å². The highest BCUT2D eigenvalue weighted by atomic mass is 16.5. The molecule has 1 heterocycles. The van der Waals surface area contributed by atoms with Crippen molar-refractivity contribution in [1.82, 2.24) is 15.3 Å². The van der Waals surface area contributed by atoms with Crippen LogP contribution in [0.15, 0.2) is 60.8 Å². The average molecular weight is 335 g/mol. The molecule has 25 heavy (non-hydrogen) atoms. The van der Waals surface area contributed by atoms with Gasteiger partial charge in [0.25, 0.3) is 5.91 Å². The quantitative estimate of drug-likeness (QED) is 0.721. The van der Waals surface area contributed by atoms with Crippen molar-refractivity contribution in [2.45, 2.75) is 19.6 Å². The number of benzene rings is 2. The summed E-state index contributed by atoms with van der Waals surface area (Å²) in [6.07, 6.45) is 1.78. The SMILES string of the molecule is COCc1ccccc1C(=O)NC(C)c1ncc(-c2ccccc2)[nH]1. The van der Waals surface area contributed by atoms with E-state index in [9.17, 15) is 4.79 Å². The number of ether oxygens (including phenoxy) is 1. The zero-order valence-corrected chi connectivity index (χ0v) is 14.3. The average Bonchev–Trinajstić information content (AvgIpc) is 3.13. The van der Waals surface area contributed by atoms with Crippen LogP contribution in [0.3, 0.4) is 0 Å². The summed E-state index contributed by atoms with van der Waals surface area (Å²) < 4.78 is 5.16. The molecule has 0 aliphatic carbocycles. The highest BCUT2D eigenvalue weighted by molar-refractivity contribution is 5.95. The predicted octanol–water partition coefficient (Wildman–Crippen LogP) is 3.71. The number of aromatic amines is 1. The van der Waals surface area contributed by atoms with Crippen molar-refractivity contribution >= 4 is 5.91 Å². The number of carbonyl (C=O) groups excluding carboxylic acids is 1. The first-order valence-electron chi connectivity index (χ1n) is 8.17. The second kappa shape index (κ2) is 7.77. The number of aromatic nitrogens is 2. The molecule has 1 unspecified atom stereocenters. The molecule has 0 aliphatic heterocycles. The number of rotatable bonds is 6. The van der Waals surface area contributed by atoms with Crippen molar-refractivity contribution in [2.24, 2.45) is 0 Å². The van der Waals surface area contributed by atoms with Gasteiger partial charge in [-0.05, 0) is 24.1 Å². The van der Waals surface area contributed by atoms with Gasteiger partial charge in [0.2, 0.25) is 0 Å². The van der Waals surface area contributed by atoms with Crippen LogP contribution in [0.4, 0.5) is 0 Å². The second-order valence-corrected chi connectivity index (χ2v) is 5.83. The molecule has 0 aliphatic rings. The largest absolute Gasteiger partial charge is 0.380 e. The predicted molar refractivity (Wildman–Crippen MR) is 97.1 cm³/mol. The first-order valence-corrected chi connectivity index (χ1v) is 8.17. The number of H-pyrrole nitrogens is 1. The topological polar surface area (TPSA) is 67.0 Å². The Kier molecular flexibility index (Phi) is 5.26. The minimum absolute atomic E-state index is 0.141. The van der Waals surface area contributed by atoms with Crippen molar-refractivity contribution in [3.8, 4) is 11.3 Å². The van der Waals surface area contributed by atoms with Gasteiger partial charge in [-0.2, -0.15) is 0 Å². The Labute approximate surface area is 147 Å². The smallest absolute Gasteiger partial charge is 0.252 e. The molecule has 0 fully saturated rings. The van der Waals surface area contributed by atoms with Crippen LogP contribution in [0.25, 0.3) is 11.3 Å². The van der Waals surface area contributed by atoms with E-state index in [2.05, 4.69) is 15.3 Å². The van der Waals surface area contributed by atoms with Gasteiger partial charge >= 0.3 is 0 Å². The molecule has 0 radical (unpaired) electrons. The summed E-state index contributed by atoms with van der Waals surface area (Å²) in [5.74, 6) is 0.578. The van der Waals surface area contributed by atoms with Gasteiger partial charge in [-0.3, -0.25) is 4.79 Å². The third-order valence-corrected chi connectivity index (χ3v) is 4.00. The summed E-state index contributed by atoms with van der Waals surface area (Å²) in [4.78, 5) is 20.3. The van der Waals surface area contributed by atoms with Gasteiger partial charge in [-0.25, -0.2) is 4.98 Å². The molecule has 0 saturated carbocycles. The zero-order chi connectivity index (χ0) is 17.6. The van der Waals surface area contributed by atoms with E-state index in [1.807, 2.05) is 55.5 Å².